The third kappa shape index (κ3) is 4.81. The Kier molecular flexibility index (Phi) is 7.24. The second-order valence-electron chi connectivity index (χ2n) is 10.5. The molecule has 1 amide bonds. The number of carbonyl (C=O) groups is 1. The summed E-state index contributed by atoms with van der Waals surface area (Å²) in [5.41, 5.74) is 0.287. The molecule has 1 aromatic carbocycles. The van der Waals surface area contributed by atoms with Crippen molar-refractivity contribution >= 4 is 34.9 Å². The first kappa shape index (κ1) is 26.7. The van der Waals surface area contributed by atoms with Crippen molar-refractivity contribution in [1.82, 2.24) is 19.7 Å². The van der Waals surface area contributed by atoms with Crippen LogP contribution in [-0.4, -0.2) is 56.9 Å². The smallest absolute Gasteiger partial charge is 0.266 e. The molecular weight excluding hydrogens is 525 g/mol. The van der Waals surface area contributed by atoms with Crippen molar-refractivity contribution in [1.29, 1.82) is 0 Å². The average Bonchev–Trinajstić information content (AvgIpc) is 3.34. The number of anilines is 1. The second-order valence-corrected chi connectivity index (χ2v) is 11.4. The highest BCUT2D eigenvalue weighted by atomic mass is 35.5. The summed E-state index contributed by atoms with van der Waals surface area (Å²) in [5, 5.41) is 17.2. The van der Waals surface area contributed by atoms with E-state index in [1.165, 1.54) is 10.7 Å². The van der Waals surface area contributed by atoms with Crippen LogP contribution in [0.5, 0.6) is 0 Å². The highest BCUT2D eigenvalue weighted by Crippen LogP contribution is 2.43. The first-order valence-electron chi connectivity index (χ1n) is 12.8. The normalized spacial score (nSPS) is 25.0. The van der Waals surface area contributed by atoms with Gasteiger partial charge < -0.3 is 14.9 Å². The number of aryl methyl sites for hydroxylation is 1. The van der Waals surface area contributed by atoms with Crippen LogP contribution in [0.2, 0.25) is 10.2 Å². The molecule has 5 rings (SSSR count). The van der Waals surface area contributed by atoms with Crippen molar-refractivity contribution in [2.24, 2.45) is 24.8 Å². The summed E-state index contributed by atoms with van der Waals surface area (Å²) in [6.07, 6.45) is 0. The van der Waals surface area contributed by atoms with Crippen LogP contribution >= 0.6 is 23.2 Å². The maximum Gasteiger partial charge on any atom is 0.266 e. The van der Waals surface area contributed by atoms with E-state index in [0.717, 1.165) is 11.3 Å². The van der Waals surface area contributed by atoms with E-state index < -0.39 is 5.60 Å². The second kappa shape index (κ2) is 10.3. The first-order chi connectivity index (χ1) is 18.1. The van der Waals surface area contributed by atoms with Crippen LogP contribution in [0.15, 0.2) is 59.4 Å². The van der Waals surface area contributed by atoms with Gasteiger partial charge in [-0.25, -0.2) is 9.67 Å². The Bertz CT molecular complexity index is 1380. The quantitative estimate of drug-likeness (QED) is 0.493. The molecule has 0 aliphatic carbocycles. The number of nitrogens with zero attached hydrogens (tertiary/aromatic N) is 5. The molecule has 2 fully saturated rings. The van der Waals surface area contributed by atoms with Gasteiger partial charge in [-0.15, -0.1) is 0 Å². The first-order valence-corrected chi connectivity index (χ1v) is 13.5. The van der Waals surface area contributed by atoms with Crippen molar-refractivity contribution in [3.63, 3.8) is 0 Å². The number of hydrogen-bond donors (Lipinski definition) is 1. The highest BCUT2D eigenvalue weighted by molar-refractivity contribution is 6.30. The van der Waals surface area contributed by atoms with Gasteiger partial charge in [0.25, 0.3) is 5.56 Å². The molecule has 0 radical (unpaired) electrons. The van der Waals surface area contributed by atoms with Crippen LogP contribution in [0, 0.1) is 17.8 Å². The third-order valence-electron chi connectivity index (χ3n) is 8.13. The van der Waals surface area contributed by atoms with E-state index in [4.69, 9.17) is 23.2 Å². The summed E-state index contributed by atoms with van der Waals surface area (Å²) in [4.78, 5) is 34.4. The lowest BCUT2D eigenvalue weighted by Crippen LogP contribution is -2.57. The largest absolute Gasteiger partial charge is 0.384 e. The van der Waals surface area contributed by atoms with Crippen molar-refractivity contribution in [3.8, 4) is 0 Å². The minimum atomic E-state index is -1.07. The Morgan fingerprint density at radius 3 is 2.29 bits per heavy atom. The van der Waals surface area contributed by atoms with Gasteiger partial charge in [0, 0.05) is 67.8 Å². The van der Waals surface area contributed by atoms with Crippen molar-refractivity contribution < 1.29 is 9.90 Å². The number of aromatic nitrogens is 3. The standard InChI is InChI=1S/C28H31Cl2N5O3/c1-17-13-35(14-18(2)28(17,38)19-7-9-20(29)10-8-19)27(37)22-16-34(25-11-12-26(36)33(3)32-25)15-21(22)23-5-4-6-24(30)31-23/h4-12,17-18,21-22,38H,13-16H2,1-3H3/t17-,18-,21+,22+/m0/s1. The SMILES string of the molecule is C[C@H]1CN(C(=O)[C@@H]2CN(c3ccc(=O)n(C)n3)C[C@H]2c2cccc(Cl)n2)C[C@H](C)C1(O)c1ccc(Cl)cc1. The number of aliphatic hydroxyl groups is 1. The third-order valence-corrected chi connectivity index (χ3v) is 8.60. The van der Waals surface area contributed by atoms with Crippen LogP contribution in [0.4, 0.5) is 5.82 Å². The minimum Gasteiger partial charge on any atom is -0.384 e. The fourth-order valence-corrected chi connectivity index (χ4v) is 6.33. The van der Waals surface area contributed by atoms with Gasteiger partial charge in [0.15, 0.2) is 0 Å². The van der Waals surface area contributed by atoms with Crippen LogP contribution in [0.25, 0.3) is 0 Å². The molecule has 4 atom stereocenters. The summed E-state index contributed by atoms with van der Waals surface area (Å²) >= 11 is 12.3. The topological polar surface area (TPSA) is 91.6 Å². The summed E-state index contributed by atoms with van der Waals surface area (Å²) in [5.74, 6) is -0.333. The Morgan fingerprint density at radius 2 is 1.66 bits per heavy atom. The summed E-state index contributed by atoms with van der Waals surface area (Å²) in [7, 11) is 1.61. The molecule has 0 saturated carbocycles. The van der Waals surface area contributed by atoms with E-state index in [1.807, 2.05) is 47.9 Å². The number of pyridine rings is 1. The van der Waals surface area contributed by atoms with Crippen molar-refractivity contribution in [2.45, 2.75) is 25.4 Å². The molecule has 8 nitrogen and oxygen atoms in total. The van der Waals surface area contributed by atoms with E-state index in [0.29, 0.717) is 42.2 Å². The molecule has 1 N–H and O–H groups in total. The lowest BCUT2D eigenvalue weighted by atomic mass is 9.70. The summed E-state index contributed by atoms with van der Waals surface area (Å²) in [6.45, 7) is 5.76. The number of benzene rings is 1. The number of piperidine rings is 1. The minimum absolute atomic E-state index is 0.0148. The summed E-state index contributed by atoms with van der Waals surface area (Å²) < 4.78 is 1.29. The van der Waals surface area contributed by atoms with Gasteiger partial charge in [-0.05, 0) is 35.9 Å². The van der Waals surface area contributed by atoms with Gasteiger partial charge in [-0.3, -0.25) is 9.59 Å². The molecule has 3 aromatic rings. The lowest BCUT2D eigenvalue weighted by molar-refractivity contribution is -0.152. The van der Waals surface area contributed by atoms with Gasteiger partial charge in [-0.1, -0.05) is 55.2 Å². The predicted molar refractivity (Wildman–Crippen MR) is 147 cm³/mol. The molecule has 0 bridgehead atoms. The fourth-order valence-electron chi connectivity index (χ4n) is 6.03. The zero-order chi connectivity index (χ0) is 27.2. The Balaban J connectivity index is 1.42. The number of carbonyl (C=O) groups excluding carboxylic acids is 1. The zero-order valence-corrected chi connectivity index (χ0v) is 23.1. The molecular formula is C28H31Cl2N5O3. The molecule has 2 aromatic heterocycles. The molecule has 2 aliphatic heterocycles. The summed E-state index contributed by atoms with van der Waals surface area (Å²) in [6, 6.07) is 15.9. The molecule has 38 heavy (non-hydrogen) atoms. The van der Waals surface area contributed by atoms with E-state index >= 15 is 0 Å². The number of rotatable bonds is 4. The predicted octanol–water partition coefficient (Wildman–Crippen LogP) is 3.70. The number of amides is 1. The van der Waals surface area contributed by atoms with E-state index in [2.05, 4.69) is 10.1 Å². The van der Waals surface area contributed by atoms with E-state index in [9.17, 15) is 14.7 Å². The van der Waals surface area contributed by atoms with E-state index in [1.54, 1.807) is 31.3 Å². The van der Waals surface area contributed by atoms with Gasteiger partial charge in [-0.2, -0.15) is 5.10 Å². The maximum atomic E-state index is 14.1. The average molecular weight is 556 g/mol. The monoisotopic (exact) mass is 555 g/mol. The van der Waals surface area contributed by atoms with Gasteiger partial charge >= 0.3 is 0 Å². The Labute approximate surface area is 231 Å². The molecule has 200 valence electrons. The van der Waals surface area contributed by atoms with Gasteiger partial charge in [0.1, 0.15) is 11.0 Å². The van der Waals surface area contributed by atoms with Crippen molar-refractivity contribution in [2.75, 3.05) is 31.1 Å². The van der Waals surface area contributed by atoms with Crippen molar-refractivity contribution in [3.05, 3.63) is 86.4 Å². The lowest BCUT2D eigenvalue weighted by Gasteiger charge is -2.48. The number of halogens is 2. The fraction of sp³-hybridized carbons (Fsp3) is 0.429. The molecule has 10 heteroatoms. The Morgan fingerprint density at radius 1 is 0.974 bits per heavy atom. The highest BCUT2D eigenvalue weighted by Gasteiger charge is 2.49. The van der Waals surface area contributed by atoms with Gasteiger partial charge in [0.2, 0.25) is 5.91 Å². The Hall–Kier alpha value is -2.94. The zero-order valence-electron chi connectivity index (χ0n) is 21.6. The molecule has 4 heterocycles. The van der Waals surface area contributed by atoms with Gasteiger partial charge in [0.05, 0.1) is 11.5 Å². The molecule has 0 spiro atoms. The number of hydrogen-bond acceptors (Lipinski definition) is 6. The van der Waals surface area contributed by atoms with Crippen LogP contribution in [0.3, 0.4) is 0 Å². The molecule has 2 aliphatic rings. The number of likely N-dealkylation sites (tertiary alicyclic amines) is 1. The maximum absolute atomic E-state index is 14.1. The van der Waals surface area contributed by atoms with E-state index in [-0.39, 0.29) is 35.1 Å². The van der Waals surface area contributed by atoms with Crippen LogP contribution in [0.1, 0.15) is 31.0 Å². The van der Waals surface area contributed by atoms with Crippen LogP contribution in [-0.2, 0) is 17.4 Å². The molecule has 2 saturated heterocycles. The van der Waals surface area contributed by atoms with Crippen LogP contribution < -0.4 is 10.5 Å². The molecule has 0 unspecified atom stereocenters.